The Kier molecular flexibility index (Phi) is 2.74. The van der Waals surface area contributed by atoms with Crippen molar-refractivity contribution in [2.75, 3.05) is 11.9 Å². The van der Waals surface area contributed by atoms with Gasteiger partial charge in [0.15, 0.2) is 0 Å². The molecule has 0 aliphatic heterocycles. The lowest BCUT2D eigenvalue weighted by atomic mass is 10.4. The highest BCUT2D eigenvalue weighted by Gasteiger charge is 2.26. The van der Waals surface area contributed by atoms with Gasteiger partial charge in [-0.25, -0.2) is 15.0 Å². The predicted octanol–water partition coefficient (Wildman–Crippen LogP) is 1.72. The maximum atomic E-state index is 4.62. The summed E-state index contributed by atoms with van der Waals surface area (Å²) in [5.41, 5.74) is 0. The van der Waals surface area contributed by atoms with E-state index < -0.39 is 0 Å². The summed E-state index contributed by atoms with van der Waals surface area (Å²) >= 11 is 0. The number of aryl methyl sites for hydroxylation is 1. The minimum atomic E-state index is 0.589. The number of imidazole rings is 1. The molecule has 1 aliphatic rings. The number of aromatic nitrogens is 4. The quantitative estimate of drug-likeness (QED) is 0.820. The number of anilines is 1. The molecular weight excluding hydrogens is 226 g/mol. The number of hydrogen-bond donors (Lipinski definition) is 0. The molecule has 18 heavy (non-hydrogen) atoms. The van der Waals surface area contributed by atoms with Crippen molar-refractivity contribution in [2.24, 2.45) is 7.05 Å². The summed E-state index contributed by atoms with van der Waals surface area (Å²) in [4.78, 5) is 15.4. The fraction of sp³-hybridized carbons (Fsp3) is 0.462. The molecule has 2 heterocycles. The van der Waals surface area contributed by atoms with Crippen LogP contribution < -0.4 is 4.90 Å². The zero-order valence-corrected chi connectivity index (χ0v) is 10.7. The first-order chi connectivity index (χ1) is 8.74. The molecule has 0 amide bonds. The molecule has 2 aromatic heterocycles. The maximum Gasteiger partial charge on any atom is 0.133 e. The first-order valence-corrected chi connectivity index (χ1v) is 6.24. The van der Waals surface area contributed by atoms with Gasteiger partial charge in [0, 0.05) is 38.6 Å². The van der Waals surface area contributed by atoms with E-state index in [1.165, 1.54) is 12.8 Å². The van der Waals surface area contributed by atoms with Crippen molar-refractivity contribution < 1.29 is 0 Å². The van der Waals surface area contributed by atoms with Crippen LogP contribution in [0, 0.1) is 0 Å². The van der Waals surface area contributed by atoms with Gasteiger partial charge in [-0.05, 0) is 18.9 Å². The molecule has 0 bridgehead atoms. The number of nitrogens with zero attached hydrogens (tertiary/aromatic N) is 5. The van der Waals surface area contributed by atoms with Crippen molar-refractivity contribution in [2.45, 2.75) is 25.3 Å². The second kappa shape index (κ2) is 4.40. The Hall–Kier alpha value is -1.91. The molecule has 0 N–H and O–H groups in total. The highest BCUT2D eigenvalue weighted by molar-refractivity contribution is 5.37. The normalized spacial score (nSPS) is 14.8. The van der Waals surface area contributed by atoms with E-state index in [0.29, 0.717) is 5.92 Å². The zero-order valence-electron chi connectivity index (χ0n) is 10.7. The van der Waals surface area contributed by atoms with Crippen molar-refractivity contribution in [3.8, 4) is 0 Å². The van der Waals surface area contributed by atoms with Gasteiger partial charge in [-0.15, -0.1) is 0 Å². The van der Waals surface area contributed by atoms with Crippen LogP contribution in [0.5, 0.6) is 0 Å². The van der Waals surface area contributed by atoms with Crippen LogP contribution in [-0.2, 0) is 13.6 Å². The standard InChI is InChI=1S/C13H17N5/c1-17-8-7-14-12(17)9-18(2)11-5-6-15-13(16-11)10-3-4-10/h5-8,10H,3-4,9H2,1-2H3. The second-order valence-corrected chi connectivity index (χ2v) is 4.86. The zero-order chi connectivity index (χ0) is 12.5. The molecule has 1 saturated carbocycles. The van der Waals surface area contributed by atoms with E-state index in [1.54, 1.807) is 0 Å². The Morgan fingerprint density at radius 2 is 2.17 bits per heavy atom. The number of rotatable bonds is 4. The van der Waals surface area contributed by atoms with Gasteiger partial charge in [0.25, 0.3) is 0 Å². The second-order valence-electron chi connectivity index (χ2n) is 4.86. The summed E-state index contributed by atoms with van der Waals surface area (Å²) in [5, 5.41) is 0. The van der Waals surface area contributed by atoms with Crippen LogP contribution in [0.25, 0.3) is 0 Å². The molecule has 5 nitrogen and oxygen atoms in total. The van der Waals surface area contributed by atoms with Gasteiger partial charge in [0.1, 0.15) is 17.5 Å². The summed E-state index contributed by atoms with van der Waals surface area (Å²) in [7, 11) is 4.04. The molecule has 5 heteroatoms. The first kappa shape index (κ1) is 11.2. The largest absolute Gasteiger partial charge is 0.352 e. The molecule has 0 unspecified atom stereocenters. The Balaban J connectivity index is 1.77. The molecule has 2 aromatic rings. The molecule has 1 aliphatic carbocycles. The van der Waals surface area contributed by atoms with Gasteiger partial charge >= 0.3 is 0 Å². The highest BCUT2D eigenvalue weighted by Crippen LogP contribution is 2.38. The van der Waals surface area contributed by atoms with Crippen LogP contribution >= 0.6 is 0 Å². The molecule has 1 fully saturated rings. The van der Waals surface area contributed by atoms with Crippen molar-refractivity contribution >= 4 is 5.82 Å². The average molecular weight is 243 g/mol. The first-order valence-electron chi connectivity index (χ1n) is 6.24. The minimum absolute atomic E-state index is 0.589. The lowest BCUT2D eigenvalue weighted by Gasteiger charge is -2.18. The van der Waals surface area contributed by atoms with E-state index in [1.807, 2.05) is 43.3 Å². The monoisotopic (exact) mass is 243 g/mol. The summed E-state index contributed by atoms with van der Waals surface area (Å²) in [6.07, 6.45) is 8.08. The van der Waals surface area contributed by atoms with Crippen LogP contribution in [0.3, 0.4) is 0 Å². The Labute approximate surface area is 107 Å². The lowest BCUT2D eigenvalue weighted by molar-refractivity contribution is 0.750. The molecule has 0 radical (unpaired) electrons. The summed E-state index contributed by atoms with van der Waals surface area (Å²) in [6, 6.07) is 1.95. The molecule has 0 atom stereocenters. The van der Waals surface area contributed by atoms with E-state index in [9.17, 15) is 0 Å². The van der Waals surface area contributed by atoms with Crippen molar-refractivity contribution in [1.29, 1.82) is 0 Å². The van der Waals surface area contributed by atoms with Crippen molar-refractivity contribution in [1.82, 2.24) is 19.5 Å². The SMILES string of the molecule is CN(Cc1nccn1C)c1ccnc(C2CC2)n1. The van der Waals surface area contributed by atoms with E-state index in [-0.39, 0.29) is 0 Å². The van der Waals surface area contributed by atoms with E-state index >= 15 is 0 Å². The topological polar surface area (TPSA) is 46.8 Å². The van der Waals surface area contributed by atoms with Crippen molar-refractivity contribution in [3.05, 3.63) is 36.3 Å². The van der Waals surface area contributed by atoms with Gasteiger partial charge in [-0.1, -0.05) is 0 Å². The molecular formula is C13H17N5. The Morgan fingerprint density at radius 1 is 1.33 bits per heavy atom. The number of hydrogen-bond acceptors (Lipinski definition) is 4. The van der Waals surface area contributed by atoms with E-state index in [0.717, 1.165) is 24.0 Å². The Morgan fingerprint density at radius 3 is 2.83 bits per heavy atom. The molecule has 0 spiro atoms. The molecule has 94 valence electrons. The van der Waals surface area contributed by atoms with Crippen LogP contribution in [-0.4, -0.2) is 26.6 Å². The van der Waals surface area contributed by atoms with E-state index in [2.05, 4.69) is 19.9 Å². The smallest absolute Gasteiger partial charge is 0.133 e. The molecule has 0 aromatic carbocycles. The van der Waals surface area contributed by atoms with Gasteiger partial charge in [0.05, 0.1) is 6.54 Å². The summed E-state index contributed by atoms with van der Waals surface area (Å²) in [6.45, 7) is 0.755. The van der Waals surface area contributed by atoms with Crippen LogP contribution in [0.1, 0.15) is 30.4 Å². The van der Waals surface area contributed by atoms with Gasteiger partial charge < -0.3 is 9.47 Å². The van der Waals surface area contributed by atoms with E-state index in [4.69, 9.17) is 0 Å². The van der Waals surface area contributed by atoms with Gasteiger partial charge in [0.2, 0.25) is 0 Å². The highest BCUT2D eigenvalue weighted by atomic mass is 15.2. The van der Waals surface area contributed by atoms with Gasteiger partial charge in [-0.3, -0.25) is 0 Å². The van der Waals surface area contributed by atoms with Gasteiger partial charge in [-0.2, -0.15) is 0 Å². The summed E-state index contributed by atoms with van der Waals surface area (Å²) < 4.78 is 2.03. The predicted molar refractivity (Wildman–Crippen MR) is 69.3 cm³/mol. The molecule has 0 saturated heterocycles. The lowest BCUT2D eigenvalue weighted by Crippen LogP contribution is -2.20. The minimum Gasteiger partial charge on any atom is -0.352 e. The van der Waals surface area contributed by atoms with Crippen molar-refractivity contribution in [3.63, 3.8) is 0 Å². The van der Waals surface area contributed by atoms with Crippen LogP contribution in [0.15, 0.2) is 24.7 Å². The fourth-order valence-corrected chi connectivity index (χ4v) is 1.96. The third-order valence-electron chi connectivity index (χ3n) is 3.29. The molecule has 3 rings (SSSR count). The maximum absolute atomic E-state index is 4.62. The Bertz CT molecular complexity index is 544. The van der Waals surface area contributed by atoms with Crippen LogP contribution in [0.2, 0.25) is 0 Å². The third kappa shape index (κ3) is 2.20. The third-order valence-corrected chi connectivity index (χ3v) is 3.29. The summed E-state index contributed by atoms with van der Waals surface area (Å²) in [5.74, 6) is 3.57. The average Bonchev–Trinajstić information content (AvgIpc) is 3.16. The van der Waals surface area contributed by atoms with Crippen LogP contribution in [0.4, 0.5) is 5.82 Å². The fourth-order valence-electron chi connectivity index (χ4n) is 1.96.